The number of hydrogen-bond acceptors (Lipinski definition) is 2. The summed E-state index contributed by atoms with van der Waals surface area (Å²) in [5.74, 6) is 3.86. The third-order valence-electron chi connectivity index (χ3n) is 7.28. The van der Waals surface area contributed by atoms with Gasteiger partial charge in [0.2, 0.25) is 0 Å². The van der Waals surface area contributed by atoms with E-state index in [0.29, 0.717) is 29.5 Å². The Morgan fingerprint density at radius 2 is 2.17 bits per heavy atom. The number of hydrogen-bond donors (Lipinski definition) is 0. The van der Waals surface area contributed by atoms with Crippen molar-refractivity contribution in [2.24, 2.45) is 23.2 Å². The molecule has 130 valence electrons. The topological polar surface area (TPSA) is 26.3 Å². The quantitative estimate of drug-likeness (QED) is 0.654. The standard InChI is InChI=1S/C21H27BrO2/c1-4-12-11-21(2)17(10-18(22)20(21)23)16-7-5-13-9-14(24-3)6-8-15(13)19(12)16/h6,8-9,12,16-19H,4-5,7,10-11H2,1-3H3/t12-,16-,17-,18+,19+,21-/m0/s1. The van der Waals surface area contributed by atoms with Gasteiger partial charge in [0.05, 0.1) is 11.9 Å². The Kier molecular flexibility index (Phi) is 4.06. The molecule has 3 aliphatic carbocycles. The molecule has 0 saturated heterocycles. The van der Waals surface area contributed by atoms with Crippen molar-refractivity contribution in [2.75, 3.05) is 7.11 Å². The minimum Gasteiger partial charge on any atom is -0.497 e. The van der Waals surface area contributed by atoms with Crippen molar-refractivity contribution in [1.29, 1.82) is 0 Å². The Bertz CT molecular complexity index is 670. The van der Waals surface area contributed by atoms with Crippen LogP contribution in [0.1, 0.15) is 56.6 Å². The number of methoxy groups -OCH3 is 1. The first-order chi connectivity index (χ1) is 11.5. The van der Waals surface area contributed by atoms with E-state index in [2.05, 4.69) is 48.0 Å². The summed E-state index contributed by atoms with van der Waals surface area (Å²) in [7, 11) is 1.74. The van der Waals surface area contributed by atoms with Crippen LogP contribution in [-0.2, 0) is 11.2 Å². The van der Waals surface area contributed by atoms with Gasteiger partial charge in [0, 0.05) is 5.41 Å². The van der Waals surface area contributed by atoms with E-state index in [0.717, 1.165) is 31.4 Å². The van der Waals surface area contributed by atoms with E-state index >= 15 is 0 Å². The van der Waals surface area contributed by atoms with Crippen LogP contribution in [0.3, 0.4) is 0 Å². The lowest BCUT2D eigenvalue weighted by atomic mass is 9.51. The number of alkyl halides is 1. The first-order valence-corrected chi connectivity index (χ1v) is 10.3. The number of ketones is 1. The smallest absolute Gasteiger partial charge is 0.152 e. The van der Waals surface area contributed by atoms with Crippen LogP contribution < -0.4 is 4.74 Å². The van der Waals surface area contributed by atoms with Crippen molar-refractivity contribution < 1.29 is 9.53 Å². The second-order valence-corrected chi connectivity index (χ2v) is 9.36. The second-order valence-electron chi connectivity index (χ2n) is 8.26. The molecule has 0 heterocycles. The molecule has 0 unspecified atom stereocenters. The lowest BCUT2D eigenvalue weighted by molar-refractivity contribution is -0.130. The van der Waals surface area contributed by atoms with E-state index in [1.165, 1.54) is 17.5 Å². The van der Waals surface area contributed by atoms with E-state index in [1.807, 2.05) is 0 Å². The number of carbonyl (C=O) groups excluding carboxylic acids is 1. The molecule has 3 aliphatic rings. The molecule has 6 atom stereocenters. The van der Waals surface area contributed by atoms with Gasteiger partial charge in [-0.2, -0.15) is 0 Å². The highest BCUT2D eigenvalue weighted by atomic mass is 79.9. The predicted octanol–water partition coefficient (Wildman–Crippen LogP) is 5.13. The number of carbonyl (C=O) groups is 1. The van der Waals surface area contributed by atoms with E-state index in [1.54, 1.807) is 7.11 Å². The average Bonchev–Trinajstić information content (AvgIpc) is 2.83. The molecular weight excluding hydrogens is 364 g/mol. The van der Waals surface area contributed by atoms with E-state index in [9.17, 15) is 4.79 Å². The highest BCUT2D eigenvalue weighted by molar-refractivity contribution is 9.10. The number of halogens is 1. The van der Waals surface area contributed by atoms with Crippen LogP contribution in [0, 0.1) is 23.2 Å². The first kappa shape index (κ1) is 16.6. The van der Waals surface area contributed by atoms with Gasteiger partial charge in [0.15, 0.2) is 5.78 Å². The van der Waals surface area contributed by atoms with Crippen LogP contribution in [-0.4, -0.2) is 17.7 Å². The minimum atomic E-state index is -0.111. The summed E-state index contributed by atoms with van der Waals surface area (Å²) in [4.78, 5) is 12.9. The molecule has 0 spiro atoms. The van der Waals surface area contributed by atoms with Crippen LogP contribution in [0.2, 0.25) is 0 Å². The zero-order valence-electron chi connectivity index (χ0n) is 14.8. The van der Waals surface area contributed by atoms with Crippen LogP contribution >= 0.6 is 15.9 Å². The predicted molar refractivity (Wildman–Crippen MR) is 99.9 cm³/mol. The van der Waals surface area contributed by atoms with Crippen LogP contribution in [0.15, 0.2) is 18.2 Å². The molecule has 0 aliphatic heterocycles. The molecule has 4 rings (SSSR count). The highest BCUT2D eigenvalue weighted by Gasteiger charge is 2.59. The number of aryl methyl sites for hydroxylation is 1. The number of benzene rings is 1. The van der Waals surface area contributed by atoms with Gasteiger partial charge >= 0.3 is 0 Å². The van der Waals surface area contributed by atoms with E-state index < -0.39 is 0 Å². The van der Waals surface area contributed by atoms with Crippen LogP contribution in [0.4, 0.5) is 0 Å². The van der Waals surface area contributed by atoms with Gasteiger partial charge in [-0.15, -0.1) is 0 Å². The summed E-state index contributed by atoms with van der Waals surface area (Å²) >= 11 is 3.67. The van der Waals surface area contributed by atoms with Crippen LogP contribution in [0.5, 0.6) is 5.75 Å². The maximum atomic E-state index is 12.9. The van der Waals surface area contributed by atoms with Gasteiger partial charge in [0.1, 0.15) is 5.75 Å². The van der Waals surface area contributed by atoms with Crippen molar-refractivity contribution in [3.05, 3.63) is 29.3 Å². The van der Waals surface area contributed by atoms with Crippen molar-refractivity contribution in [3.63, 3.8) is 0 Å². The molecule has 0 aromatic heterocycles. The zero-order valence-corrected chi connectivity index (χ0v) is 16.4. The summed E-state index contributed by atoms with van der Waals surface area (Å²) in [5, 5.41) is 0. The highest BCUT2D eigenvalue weighted by Crippen LogP contribution is 2.63. The van der Waals surface area contributed by atoms with Crippen molar-refractivity contribution in [3.8, 4) is 5.75 Å². The summed E-state index contributed by atoms with van der Waals surface area (Å²) in [5.41, 5.74) is 2.89. The molecular formula is C21H27BrO2. The van der Waals surface area contributed by atoms with Crippen LogP contribution in [0.25, 0.3) is 0 Å². The molecule has 3 heteroatoms. The lowest BCUT2D eigenvalue weighted by Gasteiger charge is -2.52. The number of rotatable bonds is 2. The normalized spacial score (nSPS) is 40.7. The Morgan fingerprint density at radius 1 is 1.38 bits per heavy atom. The molecule has 1 aromatic carbocycles. The first-order valence-electron chi connectivity index (χ1n) is 9.34. The van der Waals surface area contributed by atoms with Crippen molar-refractivity contribution in [2.45, 2.75) is 56.7 Å². The molecule has 2 fully saturated rings. The number of ether oxygens (including phenoxy) is 1. The summed E-state index contributed by atoms with van der Waals surface area (Å²) in [6.45, 7) is 4.55. The number of Topliss-reactive ketones (excluding diaryl/α,β-unsaturated/α-hetero) is 1. The Labute approximate surface area is 153 Å². The molecule has 2 saturated carbocycles. The van der Waals surface area contributed by atoms with Gasteiger partial charge in [-0.3, -0.25) is 4.79 Å². The second kappa shape index (κ2) is 5.86. The maximum absolute atomic E-state index is 12.9. The fourth-order valence-corrected chi connectivity index (χ4v) is 7.06. The molecule has 1 aromatic rings. The van der Waals surface area contributed by atoms with E-state index in [-0.39, 0.29) is 10.2 Å². The maximum Gasteiger partial charge on any atom is 0.152 e. The fourth-order valence-electron chi connectivity index (χ4n) is 6.14. The number of fused-ring (bicyclic) bond motifs is 5. The Balaban J connectivity index is 1.77. The summed E-state index contributed by atoms with van der Waals surface area (Å²) < 4.78 is 5.43. The molecule has 0 bridgehead atoms. The Morgan fingerprint density at radius 3 is 2.88 bits per heavy atom. The lowest BCUT2D eigenvalue weighted by Crippen LogP contribution is -2.46. The largest absolute Gasteiger partial charge is 0.497 e. The van der Waals surface area contributed by atoms with Gasteiger partial charge in [-0.05, 0) is 72.6 Å². The molecule has 24 heavy (non-hydrogen) atoms. The average molecular weight is 391 g/mol. The fraction of sp³-hybridized carbons (Fsp3) is 0.667. The zero-order chi connectivity index (χ0) is 17.1. The monoisotopic (exact) mass is 390 g/mol. The molecule has 0 N–H and O–H groups in total. The molecule has 0 radical (unpaired) electrons. The SMILES string of the molecule is CC[C@H]1C[C@]2(C)C(=O)[C@H](Br)C[C@H]2[C@@H]2CCc3cc(OC)ccc3[C@@H]12. The minimum absolute atomic E-state index is 0.0704. The van der Waals surface area contributed by atoms with Gasteiger partial charge in [0.25, 0.3) is 0 Å². The van der Waals surface area contributed by atoms with Gasteiger partial charge in [-0.25, -0.2) is 0 Å². The summed E-state index contributed by atoms with van der Waals surface area (Å²) in [6.07, 6.45) is 5.59. The third kappa shape index (κ3) is 2.23. The van der Waals surface area contributed by atoms with Crippen molar-refractivity contribution >= 4 is 21.7 Å². The summed E-state index contributed by atoms with van der Waals surface area (Å²) in [6, 6.07) is 6.66. The Hall–Kier alpha value is -0.830. The molecule has 2 nitrogen and oxygen atoms in total. The van der Waals surface area contributed by atoms with Gasteiger partial charge in [-0.1, -0.05) is 42.3 Å². The molecule has 0 amide bonds. The van der Waals surface area contributed by atoms with Gasteiger partial charge < -0.3 is 4.74 Å². The van der Waals surface area contributed by atoms with Crippen molar-refractivity contribution in [1.82, 2.24) is 0 Å². The third-order valence-corrected chi connectivity index (χ3v) is 8.07. The van der Waals surface area contributed by atoms with E-state index in [4.69, 9.17) is 4.74 Å².